The van der Waals surface area contributed by atoms with Gasteiger partial charge in [-0.25, -0.2) is 4.39 Å². The number of hydrogen-bond acceptors (Lipinski definition) is 5. The van der Waals surface area contributed by atoms with Crippen LogP contribution in [0.3, 0.4) is 0 Å². The zero-order chi connectivity index (χ0) is 26.2. The zero-order valence-corrected chi connectivity index (χ0v) is 20.4. The van der Waals surface area contributed by atoms with Crippen LogP contribution in [0.4, 0.5) is 4.39 Å². The lowest BCUT2D eigenvalue weighted by molar-refractivity contribution is -0.133. The van der Waals surface area contributed by atoms with Gasteiger partial charge in [-0.2, -0.15) is 0 Å². The molecular formula is C29H22ClFN2O4. The third-order valence-corrected chi connectivity index (χ3v) is 6.98. The summed E-state index contributed by atoms with van der Waals surface area (Å²) in [4.78, 5) is 41.9. The molecule has 1 saturated carbocycles. The highest BCUT2D eigenvalue weighted by atomic mass is 35.5. The first kappa shape index (κ1) is 24.6. The Kier molecular flexibility index (Phi) is 6.48. The summed E-state index contributed by atoms with van der Waals surface area (Å²) >= 11 is 6.13. The van der Waals surface area contributed by atoms with E-state index in [-0.39, 0.29) is 40.8 Å². The Labute approximate surface area is 217 Å². The van der Waals surface area contributed by atoms with Crippen LogP contribution in [0.1, 0.15) is 34.3 Å². The van der Waals surface area contributed by atoms with Gasteiger partial charge in [0, 0.05) is 24.4 Å². The van der Waals surface area contributed by atoms with Gasteiger partial charge >= 0.3 is 0 Å². The molecule has 1 heterocycles. The second-order valence-electron chi connectivity index (χ2n) is 9.18. The van der Waals surface area contributed by atoms with E-state index in [1.807, 2.05) is 0 Å². The molecule has 1 aliphatic carbocycles. The summed E-state index contributed by atoms with van der Waals surface area (Å²) in [5, 5.41) is 0.790. The highest BCUT2D eigenvalue weighted by Crippen LogP contribution is 2.48. The van der Waals surface area contributed by atoms with Gasteiger partial charge in [0.05, 0.1) is 21.5 Å². The standard InChI is InChI=1S/C29H22ClFN2O4/c30-23-16-24-22(15-21(23)28(32)36)25(9-12-33-24)37-20-7-3-18(4-8-20)14-27(35)29(10-11-29)26(34)13-17-1-5-19(31)6-2-17/h1-9,12,15-16H,10-11,13-14H2,(H2,32,36). The summed E-state index contributed by atoms with van der Waals surface area (Å²) in [6, 6.07) is 17.6. The minimum atomic E-state index is -0.946. The smallest absolute Gasteiger partial charge is 0.250 e. The predicted octanol–water partition coefficient (Wildman–Crippen LogP) is 5.62. The van der Waals surface area contributed by atoms with Crippen molar-refractivity contribution >= 4 is 40.0 Å². The Balaban J connectivity index is 1.28. The van der Waals surface area contributed by atoms with Crippen LogP contribution in [0.5, 0.6) is 11.5 Å². The summed E-state index contributed by atoms with van der Waals surface area (Å²) in [5.41, 5.74) is 6.65. The number of carbonyl (C=O) groups excluding carboxylic acids is 3. The van der Waals surface area contributed by atoms with Gasteiger partial charge in [0.1, 0.15) is 17.3 Å². The fraction of sp³-hybridized carbons (Fsp3) is 0.172. The lowest BCUT2D eigenvalue weighted by Crippen LogP contribution is -2.28. The van der Waals surface area contributed by atoms with Crippen molar-refractivity contribution in [2.75, 3.05) is 0 Å². The van der Waals surface area contributed by atoms with E-state index in [2.05, 4.69) is 4.98 Å². The molecule has 2 N–H and O–H groups in total. The molecule has 6 nitrogen and oxygen atoms in total. The summed E-state index contributed by atoms with van der Waals surface area (Å²) in [7, 11) is 0. The Morgan fingerprint density at radius 1 is 0.919 bits per heavy atom. The van der Waals surface area contributed by atoms with Gasteiger partial charge in [0.15, 0.2) is 11.6 Å². The van der Waals surface area contributed by atoms with E-state index in [4.69, 9.17) is 22.1 Å². The number of aromatic nitrogens is 1. The fourth-order valence-corrected chi connectivity index (χ4v) is 4.62. The molecule has 1 fully saturated rings. The molecule has 0 radical (unpaired) electrons. The molecule has 3 aromatic carbocycles. The van der Waals surface area contributed by atoms with E-state index in [0.29, 0.717) is 40.8 Å². The zero-order valence-electron chi connectivity index (χ0n) is 19.7. The minimum absolute atomic E-state index is 0.107. The van der Waals surface area contributed by atoms with Crippen molar-refractivity contribution in [1.82, 2.24) is 4.98 Å². The molecule has 186 valence electrons. The number of carbonyl (C=O) groups is 3. The van der Waals surface area contributed by atoms with Gasteiger partial charge in [0.2, 0.25) is 5.91 Å². The van der Waals surface area contributed by atoms with E-state index in [9.17, 15) is 18.8 Å². The molecule has 0 atom stereocenters. The number of nitrogens with zero attached hydrogens (tertiary/aromatic N) is 1. The van der Waals surface area contributed by atoms with Crippen LogP contribution in [-0.2, 0) is 22.4 Å². The van der Waals surface area contributed by atoms with Crippen LogP contribution in [0.15, 0.2) is 72.9 Å². The Hall–Kier alpha value is -4.10. The molecule has 0 aliphatic heterocycles. The third kappa shape index (κ3) is 5.08. The molecule has 1 aliphatic rings. The number of ketones is 2. The average molecular weight is 517 g/mol. The Morgan fingerprint density at radius 2 is 1.51 bits per heavy atom. The number of ether oxygens (including phenoxy) is 1. The maximum Gasteiger partial charge on any atom is 0.250 e. The molecule has 1 aromatic heterocycles. The normalized spacial score (nSPS) is 13.8. The van der Waals surface area contributed by atoms with Crippen molar-refractivity contribution in [3.05, 3.63) is 100 Å². The monoisotopic (exact) mass is 516 g/mol. The van der Waals surface area contributed by atoms with E-state index in [0.717, 1.165) is 5.56 Å². The van der Waals surface area contributed by atoms with Crippen molar-refractivity contribution in [2.45, 2.75) is 25.7 Å². The molecule has 0 saturated heterocycles. The number of pyridine rings is 1. The lowest BCUT2D eigenvalue weighted by atomic mass is 9.88. The number of primary amides is 1. The number of halogens is 2. The number of amides is 1. The first-order valence-electron chi connectivity index (χ1n) is 11.7. The van der Waals surface area contributed by atoms with Crippen molar-refractivity contribution in [3.8, 4) is 11.5 Å². The summed E-state index contributed by atoms with van der Waals surface area (Å²) in [6.45, 7) is 0. The van der Waals surface area contributed by atoms with E-state index in [1.54, 1.807) is 60.8 Å². The quantitative estimate of drug-likeness (QED) is 0.291. The van der Waals surface area contributed by atoms with Crippen LogP contribution in [0.2, 0.25) is 5.02 Å². The Bertz CT molecular complexity index is 1530. The second-order valence-corrected chi connectivity index (χ2v) is 9.58. The van der Waals surface area contributed by atoms with Crippen molar-refractivity contribution in [3.63, 3.8) is 0 Å². The maximum atomic E-state index is 13.1. The van der Waals surface area contributed by atoms with Crippen molar-refractivity contribution < 1.29 is 23.5 Å². The lowest BCUT2D eigenvalue weighted by Gasteiger charge is -2.14. The maximum absolute atomic E-state index is 13.1. The third-order valence-electron chi connectivity index (χ3n) is 6.67. The molecule has 0 spiro atoms. The van der Waals surface area contributed by atoms with E-state index in [1.165, 1.54) is 12.1 Å². The molecular weight excluding hydrogens is 495 g/mol. The molecule has 0 unspecified atom stereocenters. The predicted molar refractivity (Wildman–Crippen MR) is 137 cm³/mol. The van der Waals surface area contributed by atoms with Crippen molar-refractivity contribution in [2.24, 2.45) is 11.1 Å². The molecule has 8 heteroatoms. The van der Waals surface area contributed by atoms with Gasteiger partial charge in [-0.15, -0.1) is 0 Å². The fourth-order valence-electron chi connectivity index (χ4n) is 4.37. The number of fused-ring (bicyclic) bond motifs is 1. The van der Waals surface area contributed by atoms with Gasteiger partial charge in [0.25, 0.3) is 0 Å². The number of Topliss-reactive ketones (excluding diaryl/α,β-unsaturated/α-hetero) is 2. The van der Waals surface area contributed by atoms with Gasteiger partial charge in [-0.1, -0.05) is 35.9 Å². The highest BCUT2D eigenvalue weighted by molar-refractivity contribution is 6.34. The van der Waals surface area contributed by atoms with Crippen LogP contribution in [-0.4, -0.2) is 22.5 Å². The first-order valence-corrected chi connectivity index (χ1v) is 12.1. The topological polar surface area (TPSA) is 99.4 Å². The second kappa shape index (κ2) is 9.75. The molecule has 0 bridgehead atoms. The minimum Gasteiger partial charge on any atom is -0.457 e. The van der Waals surface area contributed by atoms with E-state index >= 15 is 0 Å². The van der Waals surface area contributed by atoms with Crippen LogP contribution in [0, 0.1) is 11.2 Å². The first-order chi connectivity index (χ1) is 17.7. The largest absolute Gasteiger partial charge is 0.457 e. The van der Waals surface area contributed by atoms with Gasteiger partial charge in [-0.3, -0.25) is 19.4 Å². The number of nitrogens with two attached hydrogens (primary N) is 1. The molecule has 5 rings (SSSR count). The van der Waals surface area contributed by atoms with Gasteiger partial charge in [-0.05, 0) is 66.4 Å². The highest BCUT2D eigenvalue weighted by Gasteiger charge is 2.54. The van der Waals surface area contributed by atoms with Crippen LogP contribution < -0.4 is 10.5 Å². The molecule has 1 amide bonds. The molecule has 37 heavy (non-hydrogen) atoms. The average Bonchev–Trinajstić information content (AvgIpc) is 3.69. The van der Waals surface area contributed by atoms with E-state index < -0.39 is 11.3 Å². The summed E-state index contributed by atoms with van der Waals surface area (Å²) in [6.07, 6.45) is 2.90. The van der Waals surface area contributed by atoms with Gasteiger partial charge < -0.3 is 10.5 Å². The number of benzene rings is 3. The summed E-state index contributed by atoms with van der Waals surface area (Å²) < 4.78 is 19.2. The summed E-state index contributed by atoms with van der Waals surface area (Å²) in [5.74, 6) is -0.254. The number of rotatable bonds is 9. The number of hydrogen-bond donors (Lipinski definition) is 1. The Morgan fingerprint density at radius 3 is 2.08 bits per heavy atom. The SMILES string of the molecule is NC(=O)c1cc2c(Oc3ccc(CC(=O)C4(C(=O)Cc5ccc(F)cc5)CC4)cc3)ccnc2cc1Cl. The van der Waals surface area contributed by atoms with Crippen LogP contribution >= 0.6 is 11.6 Å². The van der Waals surface area contributed by atoms with Crippen LogP contribution in [0.25, 0.3) is 10.9 Å². The molecule has 4 aromatic rings. The van der Waals surface area contributed by atoms with Crippen molar-refractivity contribution in [1.29, 1.82) is 0 Å².